The second-order valence-corrected chi connectivity index (χ2v) is 8.71. The summed E-state index contributed by atoms with van der Waals surface area (Å²) in [5.41, 5.74) is 1.91. The lowest BCUT2D eigenvalue weighted by Crippen LogP contribution is -2.37. The molecule has 0 unspecified atom stereocenters. The summed E-state index contributed by atoms with van der Waals surface area (Å²) in [5.74, 6) is -0.313. The highest BCUT2D eigenvalue weighted by atomic mass is 35.5. The zero-order valence-electron chi connectivity index (χ0n) is 18.9. The van der Waals surface area contributed by atoms with Crippen LogP contribution in [-0.2, 0) is 16.1 Å². The molecule has 1 fully saturated rings. The van der Waals surface area contributed by atoms with Gasteiger partial charge in [0.15, 0.2) is 5.11 Å². The van der Waals surface area contributed by atoms with Crippen LogP contribution in [0.3, 0.4) is 0 Å². The van der Waals surface area contributed by atoms with Crippen molar-refractivity contribution >= 4 is 52.1 Å². The highest BCUT2D eigenvalue weighted by Crippen LogP contribution is 2.30. The summed E-state index contributed by atoms with van der Waals surface area (Å²) in [4.78, 5) is 29.5. The summed E-state index contributed by atoms with van der Waals surface area (Å²) in [7, 11) is 0. The molecule has 35 heavy (non-hydrogen) atoms. The Hall–Kier alpha value is -3.49. The smallest absolute Gasteiger partial charge is 0.256 e. The second-order valence-electron chi connectivity index (χ2n) is 7.91. The van der Waals surface area contributed by atoms with Crippen molar-refractivity contribution < 1.29 is 18.7 Å². The van der Waals surface area contributed by atoms with Gasteiger partial charge in [0.2, 0.25) is 5.91 Å². The van der Waals surface area contributed by atoms with Crippen LogP contribution >= 0.6 is 23.8 Å². The Labute approximate surface area is 213 Å². The molecule has 0 aromatic heterocycles. The van der Waals surface area contributed by atoms with Gasteiger partial charge in [-0.1, -0.05) is 23.7 Å². The number of rotatable bonds is 8. The first-order valence-electron chi connectivity index (χ1n) is 11.0. The zero-order valence-corrected chi connectivity index (χ0v) is 20.5. The van der Waals surface area contributed by atoms with E-state index in [9.17, 15) is 14.0 Å². The number of anilines is 2. The quantitative estimate of drug-likeness (QED) is 0.410. The summed E-state index contributed by atoms with van der Waals surface area (Å²) < 4.78 is 18.8. The summed E-state index contributed by atoms with van der Waals surface area (Å²) in [6.07, 6.45) is -0.114. The molecule has 0 saturated carbocycles. The van der Waals surface area contributed by atoms with Crippen LogP contribution in [0.1, 0.15) is 18.9 Å². The molecule has 0 radical (unpaired) electrons. The average Bonchev–Trinajstić information content (AvgIpc) is 3.06. The molecule has 0 bridgehead atoms. The van der Waals surface area contributed by atoms with E-state index in [1.54, 1.807) is 65.6 Å². The molecule has 0 aliphatic carbocycles. The largest absolute Gasteiger partial charge is 0.494 e. The summed E-state index contributed by atoms with van der Waals surface area (Å²) >= 11 is 11.7. The van der Waals surface area contributed by atoms with Crippen LogP contribution in [-0.4, -0.2) is 34.5 Å². The van der Waals surface area contributed by atoms with Gasteiger partial charge in [-0.15, -0.1) is 0 Å². The van der Waals surface area contributed by atoms with Crippen LogP contribution in [0.2, 0.25) is 5.02 Å². The maximum atomic E-state index is 13.5. The standard InChI is InChI=1S/C26H23ClFN3O3S/c1-2-34-22-13-9-20(10-14-22)29-24(32)15-23-25(33)31(21-11-5-18(27)6-12-21)26(35)30(23)16-17-3-7-19(28)8-4-17/h3-14,23H,2,15-16H2,1H3,(H,29,32)/t23-/m0/s1. The molecule has 1 atom stereocenters. The third-order valence-corrected chi connectivity index (χ3v) is 6.17. The first-order chi connectivity index (χ1) is 16.9. The highest BCUT2D eigenvalue weighted by molar-refractivity contribution is 7.80. The van der Waals surface area contributed by atoms with Gasteiger partial charge in [-0.05, 0) is 85.4 Å². The second kappa shape index (κ2) is 10.8. The van der Waals surface area contributed by atoms with Crippen LogP contribution in [0, 0.1) is 5.82 Å². The molecular formula is C26H23ClFN3O3S. The molecular weight excluding hydrogens is 489 g/mol. The zero-order chi connectivity index (χ0) is 24.9. The van der Waals surface area contributed by atoms with E-state index in [1.165, 1.54) is 17.0 Å². The van der Waals surface area contributed by atoms with Crippen LogP contribution in [0.4, 0.5) is 15.8 Å². The molecule has 9 heteroatoms. The van der Waals surface area contributed by atoms with Crippen molar-refractivity contribution in [3.63, 3.8) is 0 Å². The molecule has 1 N–H and O–H groups in total. The Kier molecular flexibility index (Phi) is 7.63. The maximum Gasteiger partial charge on any atom is 0.256 e. The number of nitrogens with one attached hydrogen (secondary N) is 1. The summed E-state index contributed by atoms with van der Waals surface area (Å²) in [5, 5.41) is 3.62. The lowest BCUT2D eigenvalue weighted by molar-refractivity contribution is -0.124. The molecule has 1 aliphatic rings. The maximum absolute atomic E-state index is 13.5. The minimum atomic E-state index is -0.828. The summed E-state index contributed by atoms with van der Waals surface area (Å²) in [6.45, 7) is 2.68. The molecule has 1 saturated heterocycles. The lowest BCUT2D eigenvalue weighted by atomic mass is 10.1. The minimum Gasteiger partial charge on any atom is -0.494 e. The van der Waals surface area contributed by atoms with Gasteiger partial charge >= 0.3 is 0 Å². The number of benzene rings is 3. The number of halogens is 2. The number of ether oxygens (including phenoxy) is 1. The van der Waals surface area contributed by atoms with E-state index in [4.69, 9.17) is 28.6 Å². The van der Waals surface area contributed by atoms with E-state index in [0.29, 0.717) is 28.8 Å². The van der Waals surface area contributed by atoms with Gasteiger partial charge in [0.05, 0.1) is 18.7 Å². The summed E-state index contributed by atoms with van der Waals surface area (Å²) in [6, 6.07) is 18.9. The molecule has 3 aromatic rings. The van der Waals surface area contributed by atoms with Crippen LogP contribution in [0.5, 0.6) is 5.75 Å². The van der Waals surface area contributed by atoms with E-state index < -0.39 is 6.04 Å². The Balaban J connectivity index is 1.56. The Morgan fingerprint density at radius 2 is 1.71 bits per heavy atom. The van der Waals surface area contributed by atoms with Crippen LogP contribution in [0.15, 0.2) is 72.8 Å². The molecule has 3 aromatic carbocycles. The monoisotopic (exact) mass is 511 g/mol. The lowest BCUT2D eigenvalue weighted by Gasteiger charge is -2.24. The normalized spacial score (nSPS) is 15.5. The Morgan fingerprint density at radius 3 is 2.34 bits per heavy atom. The number of thiocarbonyl (C=S) groups is 1. The number of amides is 2. The van der Waals surface area contributed by atoms with Crippen molar-refractivity contribution in [3.8, 4) is 5.75 Å². The van der Waals surface area contributed by atoms with Crippen molar-refractivity contribution in [2.45, 2.75) is 25.9 Å². The number of carbonyl (C=O) groups is 2. The topological polar surface area (TPSA) is 61.9 Å². The first kappa shape index (κ1) is 24.6. The highest BCUT2D eigenvalue weighted by Gasteiger charge is 2.44. The SMILES string of the molecule is CCOc1ccc(NC(=O)C[C@H]2C(=O)N(c3ccc(Cl)cc3)C(=S)N2Cc2ccc(F)cc2)cc1. The van der Waals surface area contributed by atoms with Crippen LogP contribution in [0.25, 0.3) is 0 Å². The van der Waals surface area contributed by atoms with Crippen molar-refractivity contribution in [2.75, 3.05) is 16.8 Å². The minimum absolute atomic E-state index is 0.114. The van der Waals surface area contributed by atoms with E-state index in [-0.39, 0.29) is 35.7 Å². The van der Waals surface area contributed by atoms with Gasteiger partial charge < -0.3 is 15.0 Å². The fraction of sp³-hybridized carbons (Fsp3) is 0.192. The van der Waals surface area contributed by atoms with Crippen LogP contribution < -0.4 is 15.0 Å². The Morgan fingerprint density at radius 1 is 1.06 bits per heavy atom. The number of nitrogens with zero attached hydrogens (tertiary/aromatic N) is 2. The molecule has 1 heterocycles. The van der Waals surface area contributed by atoms with E-state index in [0.717, 1.165) is 5.56 Å². The fourth-order valence-electron chi connectivity index (χ4n) is 3.82. The molecule has 2 amide bonds. The first-order valence-corrected chi connectivity index (χ1v) is 11.8. The van der Waals surface area contributed by atoms with Gasteiger partial charge in [0.25, 0.3) is 5.91 Å². The number of hydrogen-bond donors (Lipinski definition) is 1. The number of carbonyl (C=O) groups excluding carboxylic acids is 2. The molecule has 0 spiro atoms. The molecule has 1 aliphatic heterocycles. The van der Waals surface area contributed by atoms with Gasteiger partial charge in [-0.25, -0.2) is 4.39 Å². The van der Waals surface area contributed by atoms with Gasteiger partial charge in [-0.2, -0.15) is 0 Å². The fourth-order valence-corrected chi connectivity index (χ4v) is 4.33. The number of hydrogen-bond acceptors (Lipinski definition) is 4. The average molecular weight is 512 g/mol. The van der Waals surface area contributed by atoms with Gasteiger partial charge in [0, 0.05) is 17.3 Å². The molecule has 180 valence electrons. The molecule has 4 rings (SSSR count). The van der Waals surface area contributed by atoms with Crippen molar-refractivity contribution in [1.29, 1.82) is 0 Å². The van der Waals surface area contributed by atoms with E-state index in [1.807, 2.05) is 6.92 Å². The van der Waals surface area contributed by atoms with Crippen molar-refractivity contribution in [3.05, 3.63) is 89.2 Å². The van der Waals surface area contributed by atoms with Gasteiger partial charge in [0.1, 0.15) is 17.6 Å². The predicted molar refractivity (Wildman–Crippen MR) is 138 cm³/mol. The Bertz CT molecular complexity index is 1220. The van der Waals surface area contributed by atoms with Crippen molar-refractivity contribution in [2.24, 2.45) is 0 Å². The van der Waals surface area contributed by atoms with E-state index in [2.05, 4.69) is 5.32 Å². The van der Waals surface area contributed by atoms with E-state index >= 15 is 0 Å². The molecule has 6 nitrogen and oxygen atoms in total. The third-order valence-electron chi connectivity index (χ3n) is 5.50. The van der Waals surface area contributed by atoms with Crippen molar-refractivity contribution in [1.82, 2.24) is 4.90 Å². The third kappa shape index (κ3) is 5.78. The predicted octanol–water partition coefficient (Wildman–Crippen LogP) is 5.41. The van der Waals surface area contributed by atoms with Gasteiger partial charge in [-0.3, -0.25) is 14.5 Å².